The van der Waals surface area contributed by atoms with Gasteiger partial charge in [-0.1, -0.05) is 29.8 Å². The Kier molecular flexibility index (Phi) is 3.97. The van der Waals surface area contributed by atoms with E-state index in [1.54, 1.807) is 11.3 Å². The van der Waals surface area contributed by atoms with Crippen molar-refractivity contribution >= 4 is 38.9 Å². The maximum Gasteiger partial charge on any atom is 0.126 e. The van der Waals surface area contributed by atoms with Crippen molar-refractivity contribution in [3.63, 3.8) is 0 Å². The van der Waals surface area contributed by atoms with E-state index in [0.717, 1.165) is 31.5 Å². The molecule has 84 valence electrons. The molecule has 0 fully saturated rings. The highest BCUT2D eigenvalue weighted by molar-refractivity contribution is 9.10. The molecule has 0 aliphatic carbocycles. The van der Waals surface area contributed by atoms with Crippen LogP contribution >= 0.6 is 38.9 Å². The van der Waals surface area contributed by atoms with Crippen molar-refractivity contribution in [2.75, 3.05) is 6.54 Å². The van der Waals surface area contributed by atoms with Crippen LogP contribution in [-0.4, -0.2) is 11.5 Å². The van der Waals surface area contributed by atoms with Crippen molar-refractivity contribution in [2.24, 2.45) is 5.73 Å². The molecule has 0 saturated carbocycles. The van der Waals surface area contributed by atoms with Gasteiger partial charge in [0.2, 0.25) is 0 Å². The van der Waals surface area contributed by atoms with Crippen LogP contribution in [0.4, 0.5) is 0 Å². The summed E-state index contributed by atoms with van der Waals surface area (Å²) in [5.74, 6) is 0. The fraction of sp³-hybridized carbons (Fsp3) is 0.182. The molecule has 0 aliphatic rings. The Balaban J connectivity index is 2.42. The second-order valence-corrected chi connectivity index (χ2v) is 5.49. The summed E-state index contributed by atoms with van der Waals surface area (Å²) in [6, 6.07) is 7.71. The van der Waals surface area contributed by atoms with Crippen LogP contribution in [0.2, 0.25) is 5.02 Å². The molecule has 0 spiro atoms. The molecule has 5 heteroatoms. The highest BCUT2D eigenvalue weighted by Crippen LogP contribution is 2.34. The summed E-state index contributed by atoms with van der Waals surface area (Å²) in [7, 11) is 0. The van der Waals surface area contributed by atoms with Crippen molar-refractivity contribution in [2.45, 2.75) is 6.42 Å². The number of benzene rings is 1. The molecule has 1 aromatic carbocycles. The lowest BCUT2D eigenvalue weighted by Gasteiger charge is -1.97. The van der Waals surface area contributed by atoms with Gasteiger partial charge in [0.15, 0.2) is 0 Å². The van der Waals surface area contributed by atoms with Gasteiger partial charge in [-0.3, -0.25) is 0 Å². The van der Waals surface area contributed by atoms with Gasteiger partial charge in [-0.05, 0) is 35.0 Å². The Morgan fingerprint density at radius 3 is 2.81 bits per heavy atom. The summed E-state index contributed by atoms with van der Waals surface area (Å²) in [5, 5.41) is 1.66. The second-order valence-electron chi connectivity index (χ2n) is 3.25. The normalized spacial score (nSPS) is 10.7. The maximum absolute atomic E-state index is 6.12. The number of aromatic nitrogens is 1. The summed E-state index contributed by atoms with van der Waals surface area (Å²) in [6.07, 6.45) is 0.836. The summed E-state index contributed by atoms with van der Waals surface area (Å²) in [6.45, 7) is 0.628. The van der Waals surface area contributed by atoms with Crippen LogP contribution < -0.4 is 5.73 Å². The fourth-order valence-electron chi connectivity index (χ4n) is 1.37. The summed E-state index contributed by atoms with van der Waals surface area (Å²) in [5.41, 5.74) is 6.51. The molecule has 1 heterocycles. The first-order valence-electron chi connectivity index (χ1n) is 4.82. The zero-order valence-corrected chi connectivity index (χ0v) is 11.6. The van der Waals surface area contributed by atoms with Crippen molar-refractivity contribution < 1.29 is 0 Å². The predicted molar refractivity (Wildman–Crippen MR) is 73.0 cm³/mol. The zero-order valence-electron chi connectivity index (χ0n) is 8.41. The van der Waals surface area contributed by atoms with E-state index in [1.165, 1.54) is 0 Å². The minimum atomic E-state index is 0.628. The molecule has 0 bridgehead atoms. The van der Waals surface area contributed by atoms with Crippen molar-refractivity contribution in [3.05, 3.63) is 38.8 Å². The Bertz CT molecular complexity index is 498. The lowest BCUT2D eigenvalue weighted by atomic mass is 10.2. The van der Waals surface area contributed by atoms with Crippen molar-refractivity contribution in [1.29, 1.82) is 0 Å². The lowest BCUT2D eigenvalue weighted by molar-refractivity contribution is 0.977. The molecule has 2 nitrogen and oxygen atoms in total. The summed E-state index contributed by atoms with van der Waals surface area (Å²) >= 11 is 11.2. The highest BCUT2D eigenvalue weighted by Gasteiger charge is 2.11. The third-order valence-electron chi connectivity index (χ3n) is 2.13. The molecule has 0 saturated heterocycles. The Labute approximate surface area is 112 Å². The Hall–Kier alpha value is -0.420. The number of halogens is 2. The molecule has 0 unspecified atom stereocenters. The van der Waals surface area contributed by atoms with Gasteiger partial charge in [0.05, 0.1) is 5.02 Å². The van der Waals surface area contributed by atoms with Gasteiger partial charge < -0.3 is 5.73 Å². The first-order chi connectivity index (χ1) is 7.72. The highest BCUT2D eigenvalue weighted by atomic mass is 79.9. The standard InChI is InChI=1S/C11H10BrClN2S/c12-10-9(5-6-14)16-11(15-10)7-3-1-2-4-8(7)13/h1-4H,5-6,14H2. The van der Waals surface area contributed by atoms with Crippen LogP contribution in [0.3, 0.4) is 0 Å². The molecule has 1 aromatic heterocycles. The summed E-state index contributed by atoms with van der Waals surface area (Å²) in [4.78, 5) is 5.62. The number of rotatable bonds is 3. The first kappa shape index (κ1) is 12.0. The molecule has 0 radical (unpaired) electrons. The molecular weight excluding hydrogens is 308 g/mol. The fourth-order valence-corrected chi connectivity index (χ4v) is 3.39. The van der Waals surface area contributed by atoms with Crippen LogP contribution in [0.5, 0.6) is 0 Å². The van der Waals surface area contributed by atoms with Crippen LogP contribution in [-0.2, 0) is 6.42 Å². The minimum Gasteiger partial charge on any atom is -0.330 e. The van der Waals surface area contributed by atoms with Gasteiger partial charge in [-0.15, -0.1) is 11.3 Å². The van der Waals surface area contributed by atoms with Crippen LogP contribution in [0.15, 0.2) is 28.9 Å². The number of nitrogens with zero attached hydrogens (tertiary/aromatic N) is 1. The molecule has 0 atom stereocenters. The monoisotopic (exact) mass is 316 g/mol. The van der Waals surface area contributed by atoms with Gasteiger partial charge >= 0.3 is 0 Å². The predicted octanol–water partition coefficient (Wildman–Crippen LogP) is 3.73. The van der Waals surface area contributed by atoms with E-state index in [-0.39, 0.29) is 0 Å². The minimum absolute atomic E-state index is 0.628. The number of nitrogens with two attached hydrogens (primary N) is 1. The largest absolute Gasteiger partial charge is 0.330 e. The average molecular weight is 318 g/mol. The molecule has 0 amide bonds. The van der Waals surface area contributed by atoms with Gasteiger partial charge in [0.1, 0.15) is 9.61 Å². The van der Waals surface area contributed by atoms with Crippen LogP contribution in [0, 0.1) is 0 Å². The van der Waals surface area contributed by atoms with Crippen LogP contribution in [0.25, 0.3) is 10.6 Å². The lowest BCUT2D eigenvalue weighted by Crippen LogP contribution is -2.01. The van der Waals surface area contributed by atoms with E-state index in [1.807, 2.05) is 24.3 Å². The number of hydrogen-bond acceptors (Lipinski definition) is 3. The van der Waals surface area contributed by atoms with E-state index in [4.69, 9.17) is 17.3 Å². The van der Waals surface area contributed by atoms with Gasteiger partial charge in [0.25, 0.3) is 0 Å². The van der Waals surface area contributed by atoms with Gasteiger partial charge in [0, 0.05) is 10.4 Å². The van der Waals surface area contributed by atoms with Gasteiger partial charge in [-0.2, -0.15) is 0 Å². The smallest absolute Gasteiger partial charge is 0.126 e. The van der Waals surface area contributed by atoms with Crippen molar-refractivity contribution in [1.82, 2.24) is 4.98 Å². The van der Waals surface area contributed by atoms with Crippen LogP contribution in [0.1, 0.15) is 4.88 Å². The third kappa shape index (κ3) is 2.46. The average Bonchev–Trinajstić information content (AvgIpc) is 2.61. The number of thiazole rings is 1. The van der Waals surface area contributed by atoms with E-state index in [9.17, 15) is 0 Å². The molecular formula is C11H10BrClN2S. The second kappa shape index (κ2) is 5.27. The van der Waals surface area contributed by atoms with E-state index in [0.29, 0.717) is 6.54 Å². The molecule has 2 N–H and O–H groups in total. The summed E-state index contributed by atoms with van der Waals surface area (Å²) < 4.78 is 0.873. The number of hydrogen-bond donors (Lipinski definition) is 1. The zero-order chi connectivity index (χ0) is 11.5. The SMILES string of the molecule is NCCc1sc(-c2ccccc2Cl)nc1Br. The van der Waals surface area contributed by atoms with Crippen molar-refractivity contribution in [3.8, 4) is 10.6 Å². The Morgan fingerprint density at radius 1 is 1.38 bits per heavy atom. The van der Waals surface area contributed by atoms with E-state index >= 15 is 0 Å². The van der Waals surface area contributed by atoms with E-state index < -0.39 is 0 Å². The first-order valence-corrected chi connectivity index (χ1v) is 6.81. The van der Waals surface area contributed by atoms with E-state index in [2.05, 4.69) is 20.9 Å². The van der Waals surface area contributed by atoms with Gasteiger partial charge in [-0.25, -0.2) is 4.98 Å². The maximum atomic E-state index is 6.12. The molecule has 0 aliphatic heterocycles. The Morgan fingerprint density at radius 2 is 2.12 bits per heavy atom. The molecule has 2 rings (SSSR count). The molecule has 2 aromatic rings. The molecule has 16 heavy (non-hydrogen) atoms. The quantitative estimate of drug-likeness (QED) is 0.937. The third-order valence-corrected chi connectivity index (χ3v) is 4.52. The topological polar surface area (TPSA) is 38.9 Å².